The molecule has 144 valence electrons. The fourth-order valence-corrected chi connectivity index (χ4v) is 3.96. The van der Waals surface area contributed by atoms with Crippen molar-refractivity contribution in [3.8, 4) is 0 Å². The topological polar surface area (TPSA) is 77.8 Å². The molecule has 1 fully saturated rings. The van der Waals surface area contributed by atoms with Gasteiger partial charge in [-0.15, -0.1) is 0 Å². The second-order valence-corrected chi connectivity index (χ2v) is 7.51. The third-order valence-electron chi connectivity index (χ3n) is 5.77. The first-order valence-corrected chi connectivity index (χ1v) is 9.82. The van der Waals surface area contributed by atoms with Crippen molar-refractivity contribution in [2.75, 3.05) is 6.61 Å². The van der Waals surface area contributed by atoms with Gasteiger partial charge < -0.3 is 15.3 Å². The van der Waals surface area contributed by atoms with Crippen LogP contribution in [-0.2, 0) is 4.79 Å². The van der Waals surface area contributed by atoms with Crippen molar-refractivity contribution in [3.05, 3.63) is 24.3 Å². The molecule has 1 unspecified atom stereocenters. The molecule has 0 bridgehead atoms. The Kier molecular flexibility index (Phi) is 10.1. The molecule has 1 rings (SSSR count). The maximum Gasteiger partial charge on any atom is 0.310 e. The van der Waals surface area contributed by atoms with Crippen LogP contribution >= 0.6 is 0 Å². The molecule has 0 aromatic carbocycles. The van der Waals surface area contributed by atoms with Crippen LogP contribution in [0.1, 0.15) is 71.6 Å². The number of aliphatic hydroxyl groups excluding tert-OH is 2. The molecule has 3 N–H and O–H groups in total. The highest BCUT2D eigenvalue weighted by Crippen LogP contribution is 2.47. The van der Waals surface area contributed by atoms with Gasteiger partial charge in [-0.3, -0.25) is 4.79 Å². The monoisotopic (exact) mass is 352 g/mol. The van der Waals surface area contributed by atoms with E-state index in [4.69, 9.17) is 5.11 Å². The van der Waals surface area contributed by atoms with Crippen molar-refractivity contribution in [3.63, 3.8) is 0 Å². The van der Waals surface area contributed by atoms with Gasteiger partial charge in [0.15, 0.2) is 0 Å². The van der Waals surface area contributed by atoms with Gasteiger partial charge in [0.25, 0.3) is 0 Å². The zero-order valence-electron chi connectivity index (χ0n) is 15.9. The first kappa shape index (κ1) is 21.9. The predicted molar refractivity (Wildman–Crippen MR) is 101 cm³/mol. The van der Waals surface area contributed by atoms with Crippen molar-refractivity contribution in [2.45, 2.75) is 77.7 Å². The number of aliphatic hydroxyl groups is 2. The number of carbonyl (C=O) groups is 1. The summed E-state index contributed by atoms with van der Waals surface area (Å²) in [6.07, 6.45) is 15.3. The molecule has 0 aromatic heterocycles. The molecular formula is C21H36O4. The SMILES string of the molecule is CCCCC[C@H](O)/C=C\C(C/C=C/CO)[C@](C)(C(=O)O)C1CCCC1. The third-order valence-corrected chi connectivity index (χ3v) is 5.77. The van der Waals surface area contributed by atoms with Crippen molar-refractivity contribution >= 4 is 5.97 Å². The van der Waals surface area contributed by atoms with Crippen LogP contribution in [0.2, 0.25) is 0 Å². The molecule has 0 heterocycles. The van der Waals surface area contributed by atoms with Gasteiger partial charge in [0.1, 0.15) is 0 Å². The molecule has 1 aliphatic carbocycles. The summed E-state index contributed by atoms with van der Waals surface area (Å²) in [5, 5.41) is 29.1. The standard InChI is InChI=1S/C21H36O4/c1-3-4-5-13-19(23)15-14-18(12-8-9-16-22)21(2,20(24)25)17-10-6-7-11-17/h8-9,14-15,17-19,22-23H,3-7,10-13,16H2,1-2H3,(H,24,25)/b9-8+,15-14-/t18?,19-,21+/m0/s1. The molecule has 0 aliphatic heterocycles. The average Bonchev–Trinajstić information content (AvgIpc) is 3.12. The van der Waals surface area contributed by atoms with Gasteiger partial charge in [0, 0.05) is 0 Å². The maximum atomic E-state index is 12.2. The first-order chi connectivity index (χ1) is 12.0. The molecule has 1 aliphatic rings. The smallest absolute Gasteiger partial charge is 0.310 e. The molecule has 0 amide bonds. The number of carboxylic acid groups (broad SMARTS) is 1. The van der Waals surface area contributed by atoms with Crippen LogP contribution in [0.4, 0.5) is 0 Å². The quantitative estimate of drug-likeness (QED) is 0.361. The number of hydrogen-bond acceptors (Lipinski definition) is 3. The normalized spacial score (nSPS) is 21.0. The van der Waals surface area contributed by atoms with Crippen LogP contribution in [0, 0.1) is 17.3 Å². The zero-order valence-corrected chi connectivity index (χ0v) is 15.9. The van der Waals surface area contributed by atoms with Crippen LogP contribution < -0.4 is 0 Å². The van der Waals surface area contributed by atoms with E-state index in [9.17, 15) is 15.0 Å². The number of carboxylic acids is 1. The van der Waals surface area contributed by atoms with Crippen LogP contribution in [-0.4, -0.2) is 34.0 Å². The van der Waals surface area contributed by atoms with Gasteiger partial charge in [0.05, 0.1) is 18.1 Å². The summed E-state index contributed by atoms with van der Waals surface area (Å²) in [5.41, 5.74) is -0.837. The summed E-state index contributed by atoms with van der Waals surface area (Å²) in [6, 6.07) is 0. The van der Waals surface area contributed by atoms with Crippen LogP contribution in [0.15, 0.2) is 24.3 Å². The number of rotatable bonds is 12. The average molecular weight is 353 g/mol. The molecule has 0 radical (unpaired) electrons. The Morgan fingerprint density at radius 2 is 1.88 bits per heavy atom. The fourth-order valence-electron chi connectivity index (χ4n) is 3.96. The van der Waals surface area contributed by atoms with E-state index in [2.05, 4.69) is 6.92 Å². The number of aliphatic carboxylic acids is 1. The van der Waals surface area contributed by atoms with E-state index in [1.807, 2.05) is 19.1 Å². The van der Waals surface area contributed by atoms with Gasteiger partial charge in [-0.2, -0.15) is 0 Å². The lowest BCUT2D eigenvalue weighted by atomic mass is 9.65. The summed E-state index contributed by atoms with van der Waals surface area (Å²) in [6.45, 7) is 3.95. The summed E-state index contributed by atoms with van der Waals surface area (Å²) >= 11 is 0. The minimum absolute atomic E-state index is 0.0384. The molecule has 0 aromatic rings. The Bertz CT molecular complexity index is 437. The number of unbranched alkanes of at least 4 members (excludes halogenated alkanes) is 2. The predicted octanol–water partition coefficient (Wildman–Crippen LogP) is 4.32. The molecule has 4 heteroatoms. The van der Waals surface area contributed by atoms with E-state index in [1.165, 1.54) is 0 Å². The minimum Gasteiger partial charge on any atom is -0.481 e. The largest absolute Gasteiger partial charge is 0.481 e. The summed E-state index contributed by atoms with van der Waals surface area (Å²) < 4.78 is 0. The van der Waals surface area contributed by atoms with Crippen LogP contribution in [0.3, 0.4) is 0 Å². The van der Waals surface area contributed by atoms with E-state index < -0.39 is 17.5 Å². The highest BCUT2D eigenvalue weighted by Gasteiger charge is 2.47. The molecule has 1 saturated carbocycles. The van der Waals surface area contributed by atoms with Crippen molar-refractivity contribution in [1.82, 2.24) is 0 Å². The Hall–Kier alpha value is -1.13. The first-order valence-electron chi connectivity index (χ1n) is 9.82. The molecule has 0 saturated heterocycles. The van der Waals surface area contributed by atoms with Crippen molar-refractivity contribution < 1.29 is 20.1 Å². The lowest BCUT2D eigenvalue weighted by molar-refractivity contribution is -0.154. The highest BCUT2D eigenvalue weighted by molar-refractivity contribution is 5.75. The Labute approximate surface area is 152 Å². The van der Waals surface area contributed by atoms with E-state index >= 15 is 0 Å². The number of allylic oxidation sites excluding steroid dienone is 2. The molecular weight excluding hydrogens is 316 g/mol. The summed E-state index contributed by atoms with van der Waals surface area (Å²) in [5.74, 6) is -0.775. The van der Waals surface area contributed by atoms with Crippen LogP contribution in [0.25, 0.3) is 0 Å². The van der Waals surface area contributed by atoms with Crippen LogP contribution in [0.5, 0.6) is 0 Å². The van der Waals surface area contributed by atoms with Gasteiger partial charge in [-0.05, 0) is 44.4 Å². The lowest BCUT2D eigenvalue weighted by Crippen LogP contribution is -2.41. The Morgan fingerprint density at radius 3 is 2.44 bits per heavy atom. The van der Waals surface area contributed by atoms with Gasteiger partial charge in [-0.1, -0.05) is 63.3 Å². The number of hydrogen-bond donors (Lipinski definition) is 3. The molecule has 25 heavy (non-hydrogen) atoms. The van der Waals surface area contributed by atoms with Crippen molar-refractivity contribution in [2.24, 2.45) is 17.3 Å². The van der Waals surface area contributed by atoms with E-state index in [0.29, 0.717) is 6.42 Å². The van der Waals surface area contributed by atoms with Gasteiger partial charge in [-0.25, -0.2) is 0 Å². The van der Waals surface area contributed by atoms with E-state index in [-0.39, 0.29) is 18.4 Å². The third kappa shape index (κ3) is 6.59. The maximum absolute atomic E-state index is 12.2. The summed E-state index contributed by atoms with van der Waals surface area (Å²) in [7, 11) is 0. The van der Waals surface area contributed by atoms with Crippen molar-refractivity contribution in [1.29, 1.82) is 0 Å². The fraction of sp³-hybridized carbons (Fsp3) is 0.762. The minimum atomic E-state index is -0.837. The molecule has 4 nitrogen and oxygen atoms in total. The Balaban J connectivity index is 2.91. The Morgan fingerprint density at radius 1 is 1.20 bits per heavy atom. The zero-order chi connectivity index (χ0) is 18.7. The van der Waals surface area contributed by atoms with Gasteiger partial charge >= 0.3 is 5.97 Å². The highest BCUT2D eigenvalue weighted by atomic mass is 16.4. The summed E-state index contributed by atoms with van der Waals surface area (Å²) in [4.78, 5) is 12.2. The van der Waals surface area contributed by atoms with E-state index in [0.717, 1.165) is 51.4 Å². The molecule has 3 atom stereocenters. The van der Waals surface area contributed by atoms with E-state index in [1.54, 1.807) is 12.2 Å². The second kappa shape index (κ2) is 11.5. The molecule has 0 spiro atoms. The lowest BCUT2D eigenvalue weighted by Gasteiger charge is -2.37. The van der Waals surface area contributed by atoms with Gasteiger partial charge in [0.2, 0.25) is 0 Å². The second-order valence-electron chi connectivity index (χ2n) is 7.51.